The van der Waals surface area contributed by atoms with E-state index < -0.39 is 5.82 Å². The van der Waals surface area contributed by atoms with Crippen molar-refractivity contribution in [3.05, 3.63) is 28.2 Å². The number of anilines is 1. The third kappa shape index (κ3) is 3.14. The smallest absolute Gasteiger partial charge is 0.147 e. The van der Waals surface area contributed by atoms with Gasteiger partial charge in [-0.05, 0) is 47.8 Å². The van der Waals surface area contributed by atoms with Crippen LogP contribution in [0, 0.1) is 11.6 Å². The second-order valence-electron chi connectivity index (χ2n) is 5.41. The highest BCUT2D eigenvalue weighted by atomic mass is 79.9. The predicted octanol–water partition coefficient (Wildman–Crippen LogP) is 4.09. The molecule has 1 aromatic carbocycles. The molecule has 0 aliphatic carbocycles. The van der Waals surface area contributed by atoms with Gasteiger partial charge in [-0.2, -0.15) is 0 Å². The molecule has 1 aromatic rings. The van der Waals surface area contributed by atoms with Crippen molar-refractivity contribution < 1.29 is 8.78 Å². The van der Waals surface area contributed by atoms with Crippen LogP contribution in [-0.4, -0.2) is 25.2 Å². The molecule has 112 valence electrons. The molecule has 1 saturated heterocycles. The van der Waals surface area contributed by atoms with Crippen molar-refractivity contribution in [1.82, 2.24) is 5.32 Å². The predicted molar refractivity (Wildman–Crippen MR) is 82.2 cm³/mol. The van der Waals surface area contributed by atoms with E-state index in [0.717, 1.165) is 32.4 Å². The van der Waals surface area contributed by atoms with Gasteiger partial charge in [0.2, 0.25) is 0 Å². The third-order valence-electron chi connectivity index (χ3n) is 4.28. The number of nitrogens with zero attached hydrogens (tertiary/aromatic N) is 1. The molecular formula is C15H21BrF2N2. The zero-order valence-corrected chi connectivity index (χ0v) is 13.6. The van der Waals surface area contributed by atoms with E-state index in [1.54, 1.807) is 0 Å². The maximum absolute atomic E-state index is 14.1. The maximum atomic E-state index is 14.1. The first-order chi connectivity index (χ1) is 9.51. The molecule has 1 heterocycles. The third-order valence-corrected chi connectivity index (χ3v) is 4.89. The first kappa shape index (κ1) is 15.7. The van der Waals surface area contributed by atoms with Gasteiger partial charge in [-0.15, -0.1) is 0 Å². The lowest BCUT2D eigenvalue weighted by Gasteiger charge is -2.36. The van der Waals surface area contributed by atoms with Gasteiger partial charge in [-0.25, -0.2) is 8.78 Å². The molecule has 1 N–H and O–H groups in total. The molecule has 5 heteroatoms. The Balaban J connectivity index is 2.33. The van der Waals surface area contributed by atoms with Gasteiger partial charge in [-0.3, -0.25) is 0 Å². The standard InChI is InChI=1S/C15H21BrF2N2/c1-3-15(4-2)10-20(7-5-6-19-15)14-9-12(17)11(16)8-13(14)18/h8-9,19H,3-7,10H2,1-2H3. The number of hydrogen-bond donors (Lipinski definition) is 1. The Kier molecular flexibility index (Phi) is 5.02. The van der Waals surface area contributed by atoms with Gasteiger partial charge < -0.3 is 10.2 Å². The quantitative estimate of drug-likeness (QED) is 0.829. The van der Waals surface area contributed by atoms with Gasteiger partial charge in [0.05, 0.1) is 10.2 Å². The molecule has 0 atom stereocenters. The Hall–Kier alpha value is -0.680. The van der Waals surface area contributed by atoms with Crippen LogP contribution in [0.25, 0.3) is 0 Å². The number of benzene rings is 1. The fourth-order valence-electron chi connectivity index (χ4n) is 2.81. The van der Waals surface area contributed by atoms with Gasteiger partial charge in [0.15, 0.2) is 0 Å². The molecule has 0 amide bonds. The van der Waals surface area contributed by atoms with E-state index in [9.17, 15) is 8.78 Å². The Morgan fingerprint density at radius 1 is 1.25 bits per heavy atom. The summed E-state index contributed by atoms with van der Waals surface area (Å²) in [6.07, 6.45) is 2.88. The molecule has 2 nitrogen and oxygen atoms in total. The summed E-state index contributed by atoms with van der Waals surface area (Å²) in [7, 11) is 0. The van der Waals surface area contributed by atoms with E-state index in [2.05, 4.69) is 35.1 Å². The second-order valence-corrected chi connectivity index (χ2v) is 6.26. The molecule has 0 aromatic heterocycles. The zero-order chi connectivity index (χ0) is 14.8. The maximum Gasteiger partial charge on any atom is 0.147 e. The summed E-state index contributed by atoms with van der Waals surface area (Å²) in [6, 6.07) is 2.50. The Morgan fingerprint density at radius 2 is 1.95 bits per heavy atom. The van der Waals surface area contributed by atoms with E-state index in [1.165, 1.54) is 12.1 Å². The van der Waals surface area contributed by atoms with Crippen molar-refractivity contribution in [2.24, 2.45) is 0 Å². The summed E-state index contributed by atoms with van der Waals surface area (Å²) in [4.78, 5) is 1.97. The summed E-state index contributed by atoms with van der Waals surface area (Å²) in [6.45, 7) is 6.64. The van der Waals surface area contributed by atoms with Crippen LogP contribution in [-0.2, 0) is 0 Å². The highest BCUT2D eigenvalue weighted by Gasteiger charge is 2.31. The summed E-state index contributed by atoms with van der Waals surface area (Å²) in [5.41, 5.74) is 0.340. The van der Waals surface area contributed by atoms with Crippen LogP contribution in [0.2, 0.25) is 0 Å². The summed E-state index contributed by atoms with van der Waals surface area (Å²) in [5.74, 6) is -0.793. The van der Waals surface area contributed by atoms with Crippen molar-refractivity contribution in [3.63, 3.8) is 0 Å². The van der Waals surface area contributed by atoms with Gasteiger partial charge in [0, 0.05) is 24.7 Å². The van der Waals surface area contributed by atoms with Crippen LogP contribution in [0.15, 0.2) is 16.6 Å². The largest absolute Gasteiger partial charge is 0.367 e. The fraction of sp³-hybridized carbons (Fsp3) is 0.600. The van der Waals surface area contributed by atoms with Crippen LogP contribution in [0.4, 0.5) is 14.5 Å². The van der Waals surface area contributed by atoms with Crippen LogP contribution in [0.3, 0.4) is 0 Å². The van der Waals surface area contributed by atoms with Gasteiger partial charge in [0.1, 0.15) is 11.6 Å². The van der Waals surface area contributed by atoms with Gasteiger partial charge in [-0.1, -0.05) is 13.8 Å². The molecule has 0 spiro atoms. The van der Waals surface area contributed by atoms with Crippen LogP contribution in [0.1, 0.15) is 33.1 Å². The van der Waals surface area contributed by atoms with Crippen molar-refractivity contribution in [2.75, 3.05) is 24.5 Å². The van der Waals surface area contributed by atoms with E-state index in [4.69, 9.17) is 0 Å². The minimum absolute atomic E-state index is 0.0213. The normalized spacial score (nSPS) is 18.9. The number of nitrogens with one attached hydrogen (secondary N) is 1. The topological polar surface area (TPSA) is 15.3 Å². The molecule has 1 aliphatic heterocycles. The lowest BCUT2D eigenvalue weighted by Crippen LogP contribution is -2.50. The van der Waals surface area contributed by atoms with Crippen LogP contribution in [0.5, 0.6) is 0 Å². The molecular weight excluding hydrogens is 326 g/mol. The minimum atomic E-state index is -0.419. The van der Waals surface area contributed by atoms with Crippen LogP contribution < -0.4 is 10.2 Å². The van der Waals surface area contributed by atoms with Crippen molar-refractivity contribution >= 4 is 21.6 Å². The fourth-order valence-corrected chi connectivity index (χ4v) is 3.12. The molecule has 1 aliphatic rings. The molecule has 0 radical (unpaired) electrons. The number of rotatable bonds is 3. The minimum Gasteiger partial charge on any atom is -0.367 e. The molecule has 20 heavy (non-hydrogen) atoms. The molecule has 2 rings (SSSR count). The lowest BCUT2D eigenvalue weighted by molar-refractivity contribution is 0.321. The summed E-state index contributed by atoms with van der Waals surface area (Å²) >= 11 is 3.02. The molecule has 1 fully saturated rings. The molecule has 0 unspecified atom stereocenters. The average molecular weight is 347 g/mol. The van der Waals surface area contributed by atoms with Crippen molar-refractivity contribution in [1.29, 1.82) is 0 Å². The summed E-state index contributed by atoms with van der Waals surface area (Å²) < 4.78 is 28.0. The Labute approximate surface area is 127 Å². The van der Waals surface area contributed by atoms with Crippen molar-refractivity contribution in [2.45, 2.75) is 38.6 Å². The van der Waals surface area contributed by atoms with Gasteiger partial charge >= 0.3 is 0 Å². The van der Waals surface area contributed by atoms with Crippen LogP contribution >= 0.6 is 15.9 Å². The monoisotopic (exact) mass is 346 g/mol. The number of halogens is 3. The van der Waals surface area contributed by atoms with E-state index >= 15 is 0 Å². The highest BCUT2D eigenvalue weighted by Crippen LogP contribution is 2.29. The molecule has 0 bridgehead atoms. The summed E-state index contributed by atoms with van der Waals surface area (Å²) in [5, 5.41) is 3.57. The SMILES string of the molecule is CCC1(CC)CN(c2cc(F)c(Br)cc2F)CCCN1. The van der Waals surface area contributed by atoms with Gasteiger partial charge in [0.25, 0.3) is 0 Å². The first-order valence-corrected chi connectivity index (χ1v) is 7.95. The van der Waals surface area contributed by atoms with E-state index in [0.29, 0.717) is 12.2 Å². The number of hydrogen-bond acceptors (Lipinski definition) is 2. The highest BCUT2D eigenvalue weighted by molar-refractivity contribution is 9.10. The van der Waals surface area contributed by atoms with E-state index in [-0.39, 0.29) is 15.8 Å². The molecule has 0 saturated carbocycles. The second kappa shape index (κ2) is 6.39. The Morgan fingerprint density at radius 3 is 2.60 bits per heavy atom. The first-order valence-electron chi connectivity index (χ1n) is 7.16. The average Bonchev–Trinajstić information content (AvgIpc) is 2.66. The van der Waals surface area contributed by atoms with Crippen molar-refractivity contribution in [3.8, 4) is 0 Å². The zero-order valence-electron chi connectivity index (χ0n) is 12.0. The lowest BCUT2D eigenvalue weighted by atomic mass is 9.92. The Bertz CT molecular complexity index is 475. The van der Waals surface area contributed by atoms with E-state index in [1.807, 2.05) is 4.90 Å².